The Morgan fingerprint density at radius 2 is 2.20 bits per heavy atom. The van der Waals surface area contributed by atoms with Crippen molar-refractivity contribution in [1.29, 1.82) is 0 Å². The average molecular weight is 222 g/mol. The average Bonchev–Trinajstić information content (AvgIpc) is 2.68. The van der Waals surface area contributed by atoms with Crippen LogP contribution in [-0.2, 0) is 6.42 Å². The molecule has 0 bridgehead atoms. The number of rotatable bonds is 4. The molecule has 0 fully saturated rings. The van der Waals surface area contributed by atoms with Gasteiger partial charge in [0.15, 0.2) is 0 Å². The van der Waals surface area contributed by atoms with Crippen molar-refractivity contribution in [2.24, 2.45) is 5.73 Å². The van der Waals surface area contributed by atoms with E-state index in [2.05, 4.69) is 11.1 Å². The zero-order chi connectivity index (χ0) is 10.7. The summed E-state index contributed by atoms with van der Waals surface area (Å²) in [6.07, 6.45) is 1.64. The van der Waals surface area contributed by atoms with Gasteiger partial charge < -0.3 is 10.8 Å². The highest BCUT2D eigenvalue weighted by atomic mass is 32.1. The lowest BCUT2D eigenvalue weighted by Gasteiger charge is -2.04. The van der Waals surface area contributed by atoms with Gasteiger partial charge in [-0.3, -0.25) is 0 Å². The fourth-order valence-electron chi connectivity index (χ4n) is 1.43. The predicted molar refractivity (Wildman–Crippen MR) is 63.0 cm³/mol. The Balaban J connectivity index is 2.09. The summed E-state index contributed by atoms with van der Waals surface area (Å²) >= 11 is 1.70. The standard InChI is InChI=1S/C11H14N2OS/c12-8(7-14)5-6-11-13-9-3-1-2-4-10(9)15-11/h1-4,8,14H,5-7,12H2/t8-/m0/s1. The van der Waals surface area contributed by atoms with E-state index >= 15 is 0 Å². The minimum absolute atomic E-state index is 0.0465. The van der Waals surface area contributed by atoms with Crippen molar-refractivity contribution in [3.05, 3.63) is 29.3 Å². The van der Waals surface area contributed by atoms with E-state index in [-0.39, 0.29) is 12.6 Å². The molecule has 2 aromatic rings. The molecule has 1 aromatic carbocycles. The van der Waals surface area contributed by atoms with E-state index < -0.39 is 0 Å². The monoisotopic (exact) mass is 222 g/mol. The van der Waals surface area contributed by atoms with E-state index in [1.807, 2.05) is 18.2 Å². The van der Waals surface area contributed by atoms with Crippen molar-refractivity contribution >= 4 is 21.6 Å². The summed E-state index contributed by atoms with van der Waals surface area (Å²) in [5, 5.41) is 9.91. The molecule has 80 valence electrons. The lowest BCUT2D eigenvalue weighted by Crippen LogP contribution is -2.24. The molecule has 1 atom stereocenters. The lowest BCUT2D eigenvalue weighted by atomic mass is 10.2. The van der Waals surface area contributed by atoms with Crippen LogP contribution in [0.15, 0.2) is 24.3 Å². The van der Waals surface area contributed by atoms with Crippen molar-refractivity contribution in [3.63, 3.8) is 0 Å². The van der Waals surface area contributed by atoms with Crippen LogP contribution in [0.2, 0.25) is 0 Å². The number of hydrogen-bond donors (Lipinski definition) is 2. The van der Waals surface area contributed by atoms with Crippen molar-refractivity contribution in [3.8, 4) is 0 Å². The quantitative estimate of drug-likeness (QED) is 0.825. The summed E-state index contributed by atoms with van der Waals surface area (Å²) in [5.41, 5.74) is 6.69. The summed E-state index contributed by atoms with van der Waals surface area (Å²) in [7, 11) is 0. The smallest absolute Gasteiger partial charge is 0.0939 e. The minimum Gasteiger partial charge on any atom is -0.395 e. The molecule has 0 amide bonds. The van der Waals surface area contributed by atoms with Gasteiger partial charge in [0.1, 0.15) is 0 Å². The second kappa shape index (κ2) is 4.70. The number of benzene rings is 1. The van der Waals surface area contributed by atoms with E-state index in [1.54, 1.807) is 11.3 Å². The first-order valence-corrected chi connectivity index (χ1v) is 5.82. The zero-order valence-electron chi connectivity index (χ0n) is 8.39. The molecule has 0 aliphatic carbocycles. The van der Waals surface area contributed by atoms with Gasteiger partial charge in [0.25, 0.3) is 0 Å². The largest absolute Gasteiger partial charge is 0.395 e. The number of hydrogen-bond acceptors (Lipinski definition) is 4. The molecule has 0 saturated heterocycles. The number of thiazole rings is 1. The van der Waals surface area contributed by atoms with E-state index in [0.717, 1.165) is 23.4 Å². The van der Waals surface area contributed by atoms with Crippen LogP contribution in [0, 0.1) is 0 Å². The first kappa shape index (κ1) is 10.5. The summed E-state index contributed by atoms with van der Waals surface area (Å²) in [6.45, 7) is 0.0465. The molecule has 1 aromatic heterocycles. The lowest BCUT2D eigenvalue weighted by molar-refractivity contribution is 0.260. The summed E-state index contributed by atoms with van der Waals surface area (Å²) in [4.78, 5) is 4.50. The fourth-order valence-corrected chi connectivity index (χ4v) is 2.41. The number of aliphatic hydroxyl groups excluding tert-OH is 1. The molecule has 0 spiro atoms. The van der Waals surface area contributed by atoms with Crippen molar-refractivity contribution < 1.29 is 5.11 Å². The number of nitrogens with two attached hydrogens (primary N) is 1. The first-order chi connectivity index (χ1) is 7.29. The van der Waals surface area contributed by atoms with E-state index in [9.17, 15) is 0 Å². The predicted octanol–water partition coefficient (Wildman–Crippen LogP) is 1.55. The fraction of sp³-hybridized carbons (Fsp3) is 0.364. The zero-order valence-corrected chi connectivity index (χ0v) is 9.20. The molecule has 0 unspecified atom stereocenters. The molecular weight excluding hydrogens is 208 g/mol. The molecule has 4 heteroatoms. The third kappa shape index (κ3) is 2.53. The molecule has 0 aliphatic rings. The molecule has 0 saturated carbocycles. The van der Waals surface area contributed by atoms with Crippen molar-refractivity contribution in [2.75, 3.05) is 6.61 Å². The molecule has 2 rings (SSSR count). The highest BCUT2D eigenvalue weighted by Gasteiger charge is 2.05. The molecular formula is C11H14N2OS. The van der Waals surface area contributed by atoms with Crippen molar-refractivity contribution in [1.82, 2.24) is 4.98 Å². The summed E-state index contributed by atoms with van der Waals surface area (Å²) in [5.74, 6) is 0. The molecule has 15 heavy (non-hydrogen) atoms. The van der Waals surface area contributed by atoms with Gasteiger partial charge in [0.05, 0.1) is 21.8 Å². The number of nitrogens with zero attached hydrogens (tertiary/aromatic N) is 1. The van der Waals surface area contributed by atoms with Crippen LogP contribution in [0.4, 0.5) is 0 Å². The highest BCUT2D eigenvalue weighted by Crippen LogP contribution is 2.22. The normalized spacial score (nSPS) is 13.2. The molecule has 0 radical (unpaired) electrons. The van der Waals surface area contributed by atoms with E-state index in [1.165, 1.54) is 4.70 Å². The maximum Gasteiger partial charge on any atom is 0.0939 e. The minimum atomic E-state index is -0.128. The van der Waals surface area contributed by atoms with E-state index in [4.69, 9.17) is 10.8 Å². The second-order valence-corrected chi connectivity index (χ2v) is 4.67. The molecule has 3 nitrogen and oxygen atoms in total. The van der Waals surface area contributed by atoms with Crippen LogP contribution < -0.4 is 5.73 Å². The summed E-state index contributed by atoms with van der Waals surface area (Å²) < 4.78 is 1.21. The van der Waals surface area contributed by atoms with Gasteiger partial charge in [-0.05, 0) is 18.6 Å². The Labute approximate surface area is 92.6 Å². The maximum atomic E-state index is 8.81. The van der Waals surface area contributed by atoms with Gasteiger partial charge in [-0.15, -0.1) is 11.3 Å². The van der Waals surface area contributed by atoms with Crippen LogP contribution in [0.3, 0.4) is 0 Å². The van der Waals surface area contributed by atoms with Gasteiger partial charge in [-0.25, -0.2) is 4.98 Å². The van der Waals surface area contributed by atoms with E-state index in [0.29, 0.717) is 0 Å². The van der Waals surface area contributed by atoms with Crippen LogP contribution in [0.25, 0.3) is 10.2 Å². The first-order valence-electron chi connectivity index (χ1n) is 5.00. The number of aliphatic hydroxyl groups is 1. The Bertz CT molecular complexity index is 408. The third-order valence-corrected chi connectivity index (χ3v) is 3.40. The maximum absolute atomic E-state index is 8.81. The molecule has 0 aliphatic heterocycles. The third-order valence-electron chi connectivity index (χ3n) is 2.30. The molecule has 3 N–H and O–H groups in total. The van der Waals surface area contributed by atoms with Gasteiger partial charge in [-0.2, -0.15) is 0 Å². The number of para-hydroxylation sites is 1. The van der Waals surface area contributed by atoms with Gasteiger partial charge in [0, 0.05) is 12.5 Å². The summed E-state index contributed by atoms with van der Waals surface area (Å²) in [6, 6.07) is 7.97. The molecule has 1 heterocycles. The van der Waals surface area contributed by atoms with Crippen LogP contribution in [-0.4, -0.2) is 22.7 Å². The van der Waals surface area contributed by atoms with Crippen LogP contribution in [0.1, 0.15) is 11.4 Å². The van der Waals surface area contributed by atoms with Crippen LogP contribution >= 0.6 is 11.3 Å². The van der Waals surface area contributed by atoms with Crippen molar-refractivity contribution in [2.45, 2.75) is 18.9 Å². The Hall–Kier alpha value is -0.970. The van der Waals surface area contributed by atoms with Gasteiger partial charge in [-0.1, -0.05) is 12.1 Å². The highest BCUT2D eigenvalue weighted by molar-refractivity contribution is 7.18. The van der Waals surface area contributed by atoms with Gasteiger partial charge >= 0.3 is 0 Å². The topological polar surface area (TPSA) is 59.1 Å². The van der Waals surface area contributed by atoms with Gasteiger partial charge in [0.2, 0.25) is 0 Å². The Morgan fingerprint density at radius 3 is 2.93 bits per heavy atom. The Kier molecular flexibility index (Phi) is 3.30. The second-order valence-electron chi connectivity index (χ2n) is 3.56. The number of aromatic nitrogens is 1. The SMILES string of the molecule is N[C@H](CO)CCc1nc2ccccc2s1. The van der Waals surface area contributed by atoms with Crippen LogP contribution in [0.5, 0.6) is 0 Å². The number of aryl methyl sites for hydroxylation is 1. The number of fused-ring (bicyclic) bond motifs is 1. The Morgan fingerprint density at radius 1 is 1.40 bits per heavy atom.